The van der Waals surface area contributed by atoms with Crippen LogP contribution in [0.25, 0.3) is 0 Å². The van der Waals surface area contributed by atoms with Gasteiger partial charge in [0.05, 0.1) is 23.4 Å². The molecule has 2 aromatic carbocycles. The molecule has 0 aliphatic carbocycles. The minimum Gasteiger partial charge on any atom is -0.399 e. The van der Waals surface area contributed by atoms with E-state index in [0.29, 0.717) is 12.1 Å². The molecular weight excluding hydrogens is 491 g/mol. The molecule has 1 aromatic heterocycles. The fourth-order valence-electron chi connectivity index (χ4n) is 3.82. The average molecular weight is 519 g/mol. The molecule has 0 unspecified atom stereocenters. The summed E-state index contributed by atoms with van der Waals surface area (Å²) in [6, 6.07) is 12.3. The molecule has 11 heteroatoms. The van der Waals surface area contributed by atoms with Gasteiger partial charge in [-0.2, -0.15) is 5.26 Å². The maximum Gasteiger partial charge on any atom is 0.494 e. The van der Waals surface area contributed by atoms with Crippen molar-refractivity contribution in [1.82, 2.24) is 15.3 Å². The summed E-state index contributed by atoms with van der Waals surface area (Å²) in [6.07, 6.45) is 1.26. The van der Waals surface area contributed by atoms with Crippen LogP contribution in [-0.4, -0.2) is 34.2 Å². The van der Waals surface area contributed by atoms with Crippen LogP contribution in [0.5, 0.6) is 0 Å². The van der Waals surface area contributed by atoms with Gasteiger partial charge in [-0.25, -0.2) is 18.7 Å². The highest BCUT2D eigenvalue weighted by atomic mass is 19.2. The second kappa shape index (κ2) is 10.5. The summed E-state index contributed by atoms with van der Waals surface area (Å²) >= 11 is 0. The van der Waals surface area contributed by atoms with Crippen LogP contribution in [0, 0.1) is 23.0 Å². The Morgan fingerprint density at radius 3 is 2.34 bits per heavy atom. The highest BCUT2D eigenvalue weighted by molar-refractivity contribution is 6.62. The van der Waals surface area contributed by atoms with Crippen LogP contribution in [-0.2, 0) is 15.9 Å². The van der Waals surface area contributed by atoms with E-state index in [1.807, 2.05) is 58.0 Å². The number of aromatic nitrogens is 2. The molecule has 0 radical (unpaired) electrons. The molecule has 196 valence electrons. The zero-order valence-corrected chi connectivity index (χ0v) is 21.8. The Balaban J connectivity index is 1.46. The molecule has 2 heterocycles. The van der Waals surface area contributed by atoms with Crippen LogP contribution in [0.1, 0.15) is 68.0 Å². The SMILES string of the molecule is C[C@H](NC(=O)c1nc(C#N)cnc1NCc1ccc(B2OC(C)(C)C(C)(C)O2)cc1)c1ccc(F)c(F)c1. The highest BCUT2D eigenvalue weighted by Gasteiger charge is 2.51. The summed E-state index contributed by atoms with van der Waals surface area (Å²) in [5, 5.41) is 15.0. The maximum atomic E-state index is 13.6. The molecule has 8 nitrogen and oxygen atoms in total. The van der Waals surface area contributed by atoms with Gasteiger partial charge in [0.25, 0.3) is 5.91 Å². The van der Waals surface area contributed by atoms with Crippen LogP contribution in [0.3, 0.4) is 0 Å². The first-order valence-electron chi connectivity index (χ1n) is 12.1. The van der Waals surface area contributed by atoms with Gasteiger partial charge >= 0.3 is 7.12 Å². The van der Waals surface area contributed by atoms with E-state index in [4.69, 9.17) is 9.31 Å². The third-order valence-corrected chi connectivity index (χ3v) is 6.86. The lowest BCUT2D eigenvalue weighted by atomic mass is 9.79. The predicted octanol–water partition coefficient (Wildman–Crippen LogP) is 4.03. The molecule has 4 rings (SSSR count). The minimum absolute atomic E-state index is 0.0343. The van der Waals surface area contributed by atoms with Crippen LogP contribution in [0.15, 0.2) is 48.7 Å². The Hall–Kier alpha value is -3.88. The lowest BCUT2D eigenvalue weighted by Crippen LogP contribution is -2.41. The second-order valence-electron chi connectivity index (χ2n) is 10.1. The number of benzene rings is 2. The topological polar surface area (TPSA) is 109 Å². The zero-order valence-electron chi connectivity index (χ0n) is 21.8. The van der Waals surface area contributed by atoms with E-state index in [-0.39, 0.29) is 17.2 Å². The Kier molecular flexibility index (Phi) is 7.49. The number of nitriles is 1. The van der Waals surface area contributed by atoms with Gasteiger partial charge in [0.2, 0.25) is 0 Å². The van der Waals surface area contributed by atoms with Crippen LogP contribution in [0.2, 0.25) is 0 Å². The van der Waals surface area contributed by atoms with Crippen molar-refractivity contribution < 1.29 is 22.9 Å². The second-order valence-corrected chi connectivity index (χ2v) is 10.1. The number of halogens is 2. The molecule has 1 aliphatic heterocycles. The van der Waals surface area contributed by atoms with E-state index in [1.54, 1.807) is 6.92 Å². The third-order valence-electron chi connectivity index (χ3n) is 6.86. The van der Waals surface area contributed by atoms with Crippen molar-refractivity contribution in [2.45, 2.75) is 58.4 Å². The van der Waals surface area contributed by atoms with Gasteiger partial charge in [-0.05, 0) is 63.3 Å². The Labute approximate surface area is 220 Å². The largest absolute Gasteiger partial charge is 0.494 e. The molecule has 1 fully saturated rings. The predicted molar refractivity (Wildman–Crippen MR) is 138 cm³/mol. The van der Waals surface area contributed by atoms with Crippen molar-refractivity contribution in [2.75, 3.05) is 5.32 Å². The van der Waals surface area contributed by atoms with Gasteiger partial charge in [0.1, 0.15) is 6.07 Å². The normalized spacial score (nSPS) is 16.5. The van der Waals surface area contributed by atoms with E-state index in [0.717, 1.165) is 23.2 Å². The molecule has 0 saturated carbocycles. The standard InChI is InChI=1S/C27H28BF2N5O3/c1-16(18-8-11-21(29)22(30)12-18)34-25(36)23-24(33-15-20(13-31)35-23)32-14-17-6-9-19(10-7-17)28-37-26(2,3)27(4,5)38-28/h6-12,15-16H,14H2,1-5H3,(H,32,33)(H,34,36)/t16-/m0/s1. The monoisotopic (exact) mass is 519 g/mol. The van der Waals surface area contributed by atoms with Crippen molar-refractivity contribution >= 4 is 24.3 Å². The quantitative estimate of drug-likeness (QED) is 0.454. The Bertz CT molecular complexity index is 1380. The van der Waals surface area contributed by atoms with E-state index in [9.17, 15) is 18.8 Å². The van der Waals surface area contributed by atoms with Gasteiger partial charge in [0.15, 0.2) is 28.8 Å². The Morgan fingerprint density at radius 1 is 1.08 bits per heavy atom. The first-order valence-corrected chi connectivity index (χ1v) is 12.1. The number of nitrogens with zero attached hydrogens (tertiary/aromatic N) is 3. The summed E-state index contributed by atoms with van der Waals surface area (Å²) in [4.78, 5) is 21.3. The van der Waals surface area contributed by atoms with Crippen LogP contribution in [0.4, 0.5) is 14.6 Å². The number of amides is 1. The fourth-order valence-corrected chi connectivity index (χ4v) is 3.82. The van der Waals surface area contributed by atoms with Crippen LogP contribution >= 0.6 is 0 Å². The van der Waals surface area contributed by atoms with Gasteiger partial charge in [-0.3, -0.25) is 4.79 Å². The van der Waals surface area contributed by atoms with Crippen molar-refractivity contribution in [3.8, 4) is 6.07 Å². The van der Waals surface area contributed by atoms with Crippen molar-refractivity contribution in [3.63, 3.8) is 0 Å². The molecule has 0 bridgehead atoms. The highest BCUT2D eigenvalue weighted by Crippen LogP contribution is 2.36. The van der Waals surface area contributed by atoms with E-state index in [1.165, 1.54) is 12.3 Å². The molecule has 1 saturated heterocycles. The number of hydrogen-bond acceptors (Lipinski definition) is 7. The number of anilines is 1. The van der Waals surface area contributed by atoms with E-state index in [2.05, 4.69) is 20.6 Å². The molecule has 2 N–H and O–H groups in total. The third kappa shape index (κ3) is 5.66. The molecular formula is C27H28BF2N5O3. The number of carbonyl (C=O) groups is 1. The first kappa shape index (κ1) is 27.2. The number of hydrogen-bond donors (Lipinski definition) is 2. The zero-order chi connectivity index (χ0) is 27.7. The molecule has 1 aliphatic rings. The molecule has 0 spiro atoms. The lowest BCUT2D eigenvalue weighted by Gasteiger charge is -2.32. The summed E-state index contributed by atoms with van der Waals surface area (Å²) in [7, 11) is -0.474. The fraction of sp³-hybridized carbons (Fsp3) is 0.333. The smallest absolute Gasteiger partial charge is 0.399 e. The van der Waals surface area contributed by atoms with E-state index < -0.39 is 41.9 Å². The van der Waals surface area contributed by atoms with Gasteiger partial charge in [-0.15, -0.1) is 0 Å². The van der Waals surface area contributed by atoms with Crippen molar-refractivity contribution in [2.24, 2.45) is 0 Å². The maximum absolute atomic E-state index is 13.6. The van der Waals surface area contributed by atoms with Crippen molar-refractivity contribution in [3.05, 3.63) is 82.8 Å². The number of rotatable bonds is 7. The van der Waals surface area contributed by atoms with Crippen molar-refractivity contribution in [1.29, 1.82) is 5.26 Å². The number of carbonyl (C=O) groups excluding carboxylic acids is 1. The average Bonchev–Trinajstić information content (AvgIpc) is 3.10. The van der Waals surface area contributed by atoms with Crippen LogP contribution < -0.4 is 16.1 Å². The summed E-state index contributed by atoms with van der Waals surface area (Å²) in [6.45, 7) is 9.93. The molecule has 1 atom stereocenters. The molecule has 3 aromatic rings. The lowest BCUT2D eigenvalue weighted by molar-refractivity contribution is 0.00578. The molecule has 38 heavy (non-hydrogen) atoms. The van der Waals surface area contributed by atoms with Gasteiger partial charge in [0, 0.05) is 6.54 Å². The van der Waals surface area contributed by atoms with E-state index >= 15 is 0 Å². The summed E-state index contributed by atoms with van der Waals surface area (Å²) < 4.78 is 39.1. The first-order chi connectivity index (χ1) is 17.9. The van der Waals surface area contributed by atoms with Gasteiger partial charge < -0.3 is 19.9 Å². The summed E-state index contributed by atoms with van der Waals surface area (Å²) in [5.41, 5.74) is 1.16. The molecule has 1 amide bonds. The number of nitrogens with one attached hydrogen (secondary N) is 2. The Morgan fingerprint density at radius 2 is 1.74 bits per heavy atom. The minimum atomic E-state index is -1.01. The summed E-state index contributed by atoms with van der Waals surface area (Å²) in [5.74, 6) is -2.43. The van der Waals surface area contributed by atoms with Gasteiger partial charge in [-0.1, -0.05) is 30.3 Å².